The fraction of sp³-hybridized carbons (Fsp3) is 0.429. The normalized spacial score (nSPS) is 22.3. The van der Waals surface area contributed by atoms with Crippen LogP contribution >= 0.6 is 0 Å². The lowest BCUT2D eigenvalue weighted by Gasteiger charge is -2.17. The van der Waals surface area contributed by atoms with E-state index in [1.54, 1.807) is 0 Å². The van der Waals surface area contributed by atoms with E-state index in [0.29, 0.717) is 6.54 Å². The van der Waals surface area contributed by atoms with Crippen molar-refractivity contribution in [2.24, 2.45) is 5.92 Å². The van der Waals surface area contributed by atoms with Crippen molar-refractivity contribution < 1.29 is 19.8 Å². The molecule has 0 saturated carbocycles. The van der Waals surface area contributed by atoms with Gasteiger partial charge in [0.15, 0.2) is 0 Å². The van der Waals surface area contributed by atoms with Crippen LogP contribution in [0.3, 0.4) is 0 Å². The van der Waals surface area contributed by atoms with Gasteiger partial charge in [-0.3, -0.25) is 4.79 Å². The maximum absolute atomic E-state index is 10.5. The molecule has 5 heteroatoms. The summed E-state index contributed by atoms with van der Waals surface area (Å²) in [6, 6.07) is 0. The molecule has 1 aliphatic heterocycles. The summed E-state index contributed by atoms with van der Waals surface area (Å²) < 4.78 is 0. The van der Waals surface area contributed by atoms with Crippen LogP contribution in [0.1, 0.15) is 6.42 Å². The predicted molar refractivity (Wildman–Crippen MR) is 39.5 cm³/mol. The largest absolute Gasteiger partial charge is 0.481 e. The maximum Gasteiger partial charge on any atom is 0.333 e. The fourth-order valence-corrected chi connectivity index (χ4v) is 1.04. The molecule has 1 atom stereocenters. The number of rotatable bonds is 2. The number of hydrogen-bond donors (Lipinski definition) is 3. The van der Waals surface area contributed by atoms with Crippen LogP contribution in [-0.4, -0.2) is 28.7 Å². The van der Waals surface area contributed by atoms with Gasteiger partial charge >= 0.3 is 11.9 Å². The Hall–Kier alpha value is -1.52. The molecule has 0 aromatic rings. The van der Waals surface area contributed by atoms with Crippen LogP contribution in [0, 0.1) is 5.92 Å². The number of nitrogens with one attached hydrogen (secondary N) is 1. The van der Waals surface area contributed by atoms with E-state index in [-0.39, 0.29) is 12.0 Å². The zero-order valence-electron chi connectivity index (χ0n) is 6.28. The Labute approximate surface area is 68.7 Å². The van der Waals surface area contributed by atoms with Crippen LogP contribution < -0.4 is 5.32 Å². The highest BCUT2D eigenvalue weighted by Crippen LogP contribution is 2.15. The lowest BCUT2D eigenvalue weighted by Crippen LogP contribution is -2.31. The average Bonchev–Trinajstić information content (AvgIpc) is 2.04. The Morgan fingerprint density at radius 2 is 2.17 bits per heavy atom. The Bertz CT molecular complexity index is 246. The van der Waals surface area contributed by atoms with Crippen molar-refractivity contribution >= 4 is 11.9 Å². The number of aliphatic carboxylic acids is 2. The van der Waals surface area contributed by atoms with E-state index in [2.05, 4.69) is 5.32 Å². The highest BCUT2D eigenvalue weighted by Gasteiger charge is 2.24. The van der Waals surface area contributed by atoms with Crippen LogP contribution in [-0.2, 0) is 9.59 Å². The first-order valence-electron chi connectivity index (χ1n) is 3.50. The van der Waals surface area contributed by atoms with Crippen molar-refractivity contribution in [3.8, 4) is 0 Å². The molecule has 0 fully saturated rings. The summed E-state index contributed by atoms with van der Waals surface area (Å²) in [6.07, 6.45) is 1.44. The molecule has 0 aromatic heterocycles. The van der Waals surface area contributed by atoms with E-state index >= 15 is 0 Å². The minimum Gasteiger partial charge on any atom is -0.481 e. The van der Waals surface area contributed by atoms with Gasteiger partial charge in [-0.1, -0.05) is 0 Å². The number of hydrogen-bond acceptors (Lipinski definition) is 3. The second kappa shape index (κ2) is 3.25. The van der Waals surface area contributed by atoms with Gasteiger partial charge in [-0.2, -0.15) is 0 Å². The van der Waals surface area contributed by atoms with Gasteiger partial charge in [0, 0.05) is 12.7 Å². The van der Waals surface area contributed by atoms with Crippen LogP contribution in [0.25, 0.3) is 0 Å². The lowest BCUT2D eigenvalue weighted by atomic mass is 9.97. The first kappa shape index (κ1) is 8.58. The van der Waals surface area contributed by atoms with E-state index < -0.39 is 17.9 Å². The molecule has 3 N–H and O–H groups in total. The van der Waals surface area contributed by atoms with Crippen LogP contribution in [0.4, 0.5) is 0 Å². The van der Waals surface area contributed by atoms with Gasteiger partial charge in [0.25, 0.3) is 0 Å². The predicted octanol–water partition coefficient (Wildman–Crippen LogP) is -0.351. The molecule has 0 aromatic carbocycles. The monoisotopic (exact) mass is 171 g/mol. The molecule has 0 aliphatic carbocycles. The van der Waals surface area contributed by atoms with Gasteiger partial charge in [-0.15, -0.1) is 0 Å². The van der Waals surface area contributed by atoms with Crippen LogP contribution in [0.5, 0.6) is 0 Å². The molecule has 1 rings (SSSR count). The van der Waals surface area contributed by atoms with E-state index in [4.69, 9.17) is 10.2 Å². The summed E-state index contributed by atoms with van der Waals surface area (Å²) in [7, 11) is 0. The highest BCUT2D eigenvalue weighted by atomic mass is 16.4. The zero-order valence-corrected chi connectivity index (χ0v) is 6.28. The van der Waals surface area contributed by atoms with Crippen molar-refractivity contribution in [3.63, 3.8) is 0 Å². The zero-order chi connectivity index (χ0) is 9.14. The molecule has 0 saturated heterocycles. The van der Waals surface area contributed by atoms with E-state index in [1.807, 2.05) is 0 Å². The second-order valence-corrected chi connectivity index (χ2v) is 2.62. The molecule has 0 spiro atoms. The van der Waals surface area contributed by atoms with Crippen molar-refractivity contribution in [3.05, 3.63) is 11.8 Å². The van der Waals surface area contributed by atoms with Crippen molar-refractivity contribution in [1.82, 2.24) is 5.32 Å². The summed E-state index contributed by atoms with van der Waals surface area (Å²) in [5.41, 5.74) is 0.119. The van der Waals surface area contributed by atoms with E-state index in [1.165, 1.54) is 6.20 Å². The van der Waals surface area contributed by atoms with Crippen molar-refractivity contribution in [2.45, 2.75) is 6.42 Å². The summed E-state index contributed by atoms with van der Waals surface area (Å²) in [5.74, 6) is -2.65. The van der Waals surface area contributed by atoms with Crippen molar-refractivity contribution in [1.29, 1.82) is 0 Å². The third-order valence-electron chi connectivity index (χ3n) is 1.73. The Balaban J connectivity index is 2.65. The first-order valence-corrected chi connectivity index (χ1v) is 3.50. The third kappa shape index (κ3) is 1.75. The number of carboxylic acids is 2. The molecule has 1 aliphatic rings. The minimum absolute atomic E-state index is 0.0949. The van der Waals surface area contributed by atoms with Gasteiger partial charge in [0.1, 0.15) is 0 Å². The summed E-state index contributed by atoms with van der Waals surface area (Å²) >= 11 is 0. The quantitative estimate of drug-likeness (QED) is 0.528. The highest BCUT2D eigenvalue weighted by molar-refractivity contribution is 5.88. The summed E-state index contributed by atoms with van der Waals surface area (Å²) in [4.78, 5) is 20.9. The van der Waals surface area contributed by atoms with Crippen molar-refractivity contribution in [2.75, 3.05) is 6.54 Å². The Morgan fingerprint density at radius 3 is 2.67 bits per heavy atom. The molecular formula is C7H9NO4. The van der Waals surface area contributed by atoms with Gasteiger partial charge in [-0.05, 0) is 6.42 Å². The summed E-state index contributed by atoms with van der Waals surface area (Å²) in [6.45, 7) is 0.298. The Morgan fingerprint density at radius 1 is 1.50 bits per heavy atom. The topological polar surface area (TPSA) is 86.6 Å². The first-order chi connectivity index (χ1) is 5.61. The Kier molecular flexibility index (Phi) is 2.32. The molecule has 0 bridgehead atoms. The molecule has 1 unspecified atom stereocenters. The van der Waals surface area contributed by atoms with Crippen LogP contribution in [0.2, 0.25) is 0 Å². The SMILES string of the molecule is O=C(O)C1=CNCC(C(=O)O)C1. The minimum atomic E-state index is -1.06. The number of carboxylic acid groups (broad SMARTS) is 2. The van der Waals surface area contributed by atoms with Gasteiger partial charge in [0.05, 0.1) is 11.5 Å². The molecule has 12 heavy (non-hydrogen) atoms. The molecule has 1 heterocycles. The molecule has 0 amide bonds. The van der Waals surface area contributed by atoms with Crippen LogP contribution in [0.15, 0.2) is 11.8 Å². The average molecular weight is 171 g/mol. The van der Waals surface area contributed by atoms with Gasteiger partial charge < -0.3 is 15.5 Å². The fourth-order valence-electron chi connectivity index (χ4n) is 1.04. The molecule has 66 valence electrons. The van der Waals surface area contributed by atoms with Gasteiger partial charge in [-0.25, -0.2) is 4.79 Å². The second-order valence-electron chi connectivity index (χ2n) is 2.62. The van der Waals surface area contributed by atoms with Gasteiger partial charge in [0.2, 0.25) is 0 Å². The maximum atomic E-state index is 10.5. The smallest absolute Gasteiger partial charge is 0.333 e. The molecule has 5 nitrogen and oxygen atoms in total. The standard InChI is InChI=1S/C7H9NO4/c9-6(10)4-1-5(7(11)12)3-8-2-4/h2,5,8H,1,3H2,(H,9,10)(H,11,12). The van der Waals surface area contributed by atoms with E-state index in [9.17, 15) is 9.59 Å². The molecule has 0 radical (unpaired) electrons. The third-order valence-corrected chi connectivity index (χ3v) is 1.73. The lowest BCUT2D eigenvalue weighted by molar-refractivity contribution is -0.141. The summed E-state index contributed by atoms with van der Waals surface area (Å²) in [5, 5.41) is 19.7. The molecular weight excluding hydrogens is 162 g/mol. The number of carbonyl (C=O) groups is 2. The van der Waals surface area contributed by atoms with E-state index in [0.717, 1.165) is 0 Å².